The number of anilines is 1. The van der Waals surface area contributed by atoms with Crippen LogP contribution in [0.15, 0.2) is 102 Å². The Hall–Kier alpha value is -4.05. The summed E-state index contributed by atoms with van der Waals surface area (Å²) >= 11 is 13.2. The number of nitrogens with one attached hydrogen (secondary N) is 1. The summed E-state index contributed by atoms with van der Waals surface area (Å²) in [4.78, 5) is 30.1. The van der Waals surface area contributed by atoms with Gasteiger partial charge in [-0.05, 0) is 62.2 Å². The van der Waals surface area contributed by atoms with E-state index in [4.69, 9.17) is 27.9 Å². The molecule has 0 radical (unpaired) electrons. The molecule has 47 heavy (non-hydrogen) atoms. The molecular formula is C36H39Cl2N3O5S. The fraction of sp³-hybridized carbons (Fsp3) is 0.278. The number of rotatable bonds is 14. The van der Waals surface area contributed by atoms with E-state index >= 15 is 0 Å². The van der Waals surface area contributed by atoms with Gasteiger partial charge in [0.1, 0.15) is 18.3 Å². The topological polar surface area (TPSA) is 96.0 Å². The zero-order valence-electron chi connectivity index (χ0n) is 26.8. The molecule has 0 aliphatic carbocycles. The van der Waals surface area contributed by atoms with Crippen LogP contribution in [0.2, 0.25) is 10.0 Å². The monoisotopic (exact) mass is 695 g/mol. The minimum absolute atomic E-state index is 0.00199. The highest BCUT2D eigenvalue weighted by Gasteiger charge is 2.36. The minimum Gasteiger partial charge on any atom is -0.495 e. The lowest BCUT2D eigenvalue weighted by Crippen LogP contribution is -2.54. The Morgan fingerprint density at radius 1 is 0.872 bits per heavy atom. The zero-order chi connectivity index (χ0) is 34.1. The van der Waals surface area contributed by atoms with Crippen molar-refractivity contribution in [3.63, 3.8) is 0 Å². The molecule has 2 atom stereocenters. The molecule has 0 saturated heterocycles. The molecule has 0 heterocycles. The summed E-state index contributed by atoms with van der Waals surface area (Å²) in [7, 11) is -2.87. The summed E-state index contributed by atoms with van der Waals surface area (Å²) in [6.07, 6.45) is 0.834. The van der Waals surface area contributed by atoms with Gasteiger partial charge < -0.3 is 15.0 Å². The molecule has 0 saturated carbocycles. The fourth-order valence-corrected chi connectivity index (χ4v) is 6.98. The van der Waals surface area contributed by atoms with Crippen LogP contribution in [0.5, 0.6) is 5.75 Å². The third-order valence-electron chi connectivity index (χ3n) is 7.90. The van der Waals surface area contributed by atoms with Gasteiger partial charge in [-0.2, -0.15) is 0 Å². The number of hydrogen-bond donors (Lipinski definition) is 1. The van der Waals surface area contributed by atoms with E-state index in [-0.39, 0.29) is 41.2 Å². The summed E-state index contributed by atoms with van der Waals surface area (Å²) in [5.74, 6) is -0.764. The maximum atomic E-state index is 14.7. The number of benzene rings is 4. The Bertz CT molecular complexity index is 1770. The third-order valence-corrected chi connectivity index (χ3v) is 10.4. The van der Waals surface area contributed by atoms with Crippen molar-refractivity contribution in [2.75, 3.05) is 18.0 Å². The first-order valence-electron chi connectivity index (χ1n) is 15.2. The van der Waals surface area contributed by atoms with Crippen LogP contribution in [-0.4, -0.2) is 50.9 Å². The van der Waals surface area contributed by atoms with E-state index in [0.29, 0.717) is 22.0 Å². The molecule has 11 heteroatoms. The zero-order valence-corrected chi connectivity index (χ0v) is 29.1. The van der Waals surface area contributed by atoms with E-state index in [2.05, 4.69) is 5.32 Å². The minimum atomic E-state index is -4.30. The van der Waals surface area contributed by atoms with Gasteiger partial charge in [0.05, 0.1) is 17.7 Å². The number of ether oxygens (including phenoxy) is 1. The van der Waals surface area contributed by atoms with Gasteiger partial charge in [-0.15, -0.1) is 0 Å². The standard InChI is InChI=1S/C36H39Cl2N3O5S/c1-5-26(3)39-36(43)33(22-27-12-7-6-8-13-27)40(23-29-30(37)14-11-15-31(29)38)35(42)24-41(32-16-9-10-17-34(32)46-4)47(44,45)28-20-18-25(2)19-21-28/h6-21,26,33H,5,22-24H2,1-4H3,(H,39,43)/t26-,33+/m0/s1. The number of carbonyl (C=O) groups excluding carboxylic acids is 2. The third kappa shape index (κ3) is 8.86. The maximum absolute atomic E-state index is 14.7. The molecule has 4 rings (SSSR count). The second-order valence-corrected chi connectivity index (χ2v) is 13.9. The summed E-state index contributed by atoms with van der Waals surface area (Å²) < 4.78 is 35.1. The van der Waals surface area contributed by atoms with E-state index in [1.807, 2.05) is 51.1 Å². The smallest absolute Gasteiger partial charge is 0.264 e. The largest absolute Gasteiger partial charge is 0.495 e. The molecule has 4 aromatic carbocycles. The average Bonchev–Trinajstić information content (AvgIpc) is 3.06. The van der Waals surface area contributed by atoms with Crippen LogP contribution in [0.4, 0.5) is 5.69 Å². The van der Waals surface area contributed by atoms with Gasteiger partial charge in [0, 0.05) is 34.6 Å². The molecule has 0 unspecified atom stereocenters. The second kappa shape index (κ2) is 16.2. The molecule has 0 spiro atoms. The van der Waals surface area contributed by atoms with Crippen molar-refractivity contribution in [1.29, 1.82) is 0 Å². The predicted octanol–water partition coefficient (Wildman–Crippen LogP) is 7.06. The Balaban J connectivity index is 1.87. The van der Waals surface area contributed by atoms with Crippen LogP contribution in [0.3, 0.4) is 0 Å². The van der Waals surface area contributed by atoms with Gasteiger partial charge in [0.25, 0.3) is 10.0 Å². The van der Waals surface area contributed by atoms with Gasteiger partial charge in [0.15, 0.2) is 0 Å². The van der Waals surface area contributed by atoms with Crippen LogP contribution in [-0.2, 0) is 32.6 Å². The molecule has 248 valence electrons. The van der Waals surface area contributed by atoms with Crippen LogP contribution in [0.1, 0.15) is 37.0 Å². The molecular weight excluding hydrogens is 657 g/mol. The molecule has 0 aromatic heterocycles. The second-order valence-electron chi connectivity index (χ2n) is 11.2. The first-order chi connectivity index (χ1) is 22.5. The number of halogens is 2. The van der Waals surface area contributed by atoms with E-state index in [9.17, 15) is 18.0 Å². The van der Waals surface area contributed by atoms with E-state index < -0.39 is 28.5 Å². The summed E-state index contributed by atoms with van der Waals surface area (Å²) in [5, 5.41) is 3.63. The van der Waals surface area contributed by atoms with Crippen molar-refractivity contribution in [1.82, 2.24) is 10.2 Å². The van der Waals surface area contributed by atoms with Crippen LogP contribution in [0.25, 0.3) is 0 Å². The number of aryl methyl sites for hydroxylation is 1. The lowest BCUT2D eigenvalue weighted by atomic mass is 10.0. The molecule has 4 aromatic rings. The molecule has 0 aliphatic heterocycles. The number of sulfonamides is 1. The lowest BCUT2D eigenvalue weighted by Gasteiger charge is -2.35. The van der Waals surface area contributed by atoms with Gasteiger partial charge in [0.2, 0.25) is 11.8 Å². The Morgan fingerprint density at radius 2 is 1.49 bits per heavy atom. The van der Waals surface area contributed by atoms with Crippen LogP contribution in [0, 0.1) is 6.92 Å². The Kier molecular flexibility index (Phi) is 12.3. The highest BCUT2D eigenvalue weighted by molar-refractivity contribution is 7.92. The number of hydrogen-bond acceptors (Lipinski definition) is 5. The van der Waals surface area contributed by atoms with Crippen molar-refractivity contribution >= 4 is 50.7 Å². The van der Waals surface area contributed by atoms with Crippen LogP contribution < -0.4 is 14.4 Å². The Labute approximate surface area is 287 Å². The van der Waals surface area contributed by atoms with Crippen molar-refractivity contribution in [2.45, 2.75) is 57.1 Å². The molecule has 1 N–H and O–H groups in total. The molecule has 2 amide bonds. The fourth-order valence-electron chi connectivity index (χ4n) is 5.04. The van der Waals surface area contributed by atoms with E-state index in [1.54, 1.807) is 54.6 Å². The number of nitrogens with zero attached hydrogens (tertiary/aromatic N) is 2. The van der Waals surface area contributed by atoms with Gasteiger partial charge in [-0.3, -0.25) is 13.9 Å². The van der Waals surface area contributed by atoms with Gasteiger partial charge in [-0.25, -0.2) is 8.42 Å². The van der Waals surface area contributed by atoms with Crippen molar-refractivity contribution in [3.05, 3.63) is 124 Å². The first kappa shape index (κ1) is 35.8. The normalized spacial score (nSPS) is 12.6. The number of amides is 2. The van der Waals surface area contributed by atoms with Crippen molar-refractivity contribution < 1.29 is 22.7 Å². The van der Waals surface area contributed by atoms with Crippen LogP contribution >= 0.6 is 23.2 Å². The first-order valence-corrected chi connectivity index (χ1v) is 17.4. The molecule has 8 nitrogen and oxygen atoms in total. The molecule has 0 fully saturated rings. The lowest BCUT2D eigenvalue weighted by molar-refractivity contribution is -0.140. The summed E-state index contributed by atoms with van der Waals surface area (Å²) in [6.45, 7) is 4.90. The van der Waals surface area contributed by atoms with Crippen molar-refractivity contribution in [2.24, 2.45) is 0 Å². The number of methoxy groups -OCH3 is 1. The average molecular weight is 697 g/mol. The van der Waals surface area contributed by atoms with Gasteiger partial charge >= 0.3 is 0 Å². The molecule has 0 aliphatic rings. The van der Waals surface area contributed by atoms with Crippen molar-refractivity contribution in [3.8, 4) is 5.75 Å². The number of para-hydroxylation sites is 2. The quantitative estimate of drug-likeness (QED) is 0.152. The maximum Gasteiger partial charge on any atom is 0.264 e. The summed E-state index contributed by atoms with van der Waals surface area (Å²) in [6, 6.07) is 26.1. The highest BCUT2D eigenvalue weighted by Crippen LogP contribution is 2.33. The number of carbonyl (C=O) groups is 2. The Morgan fingerprint density at radius 3 is 2.11 bits per heavy atom. The predicted molar refractivity (Wildman–Crippen MR) is 188 cm³/mol. The molecule has 0 bridgehead atoms. The van der Waals surface area contributed by atoms with Gasteiger partial charge in [-0.1, -0.05) is 96.4 Å². The highest BCUT2D eigenvalue weighted by atomic mass is 35.5. The SMILES string of the molecule is CC[C@H](C)NC(=O)[C@@H](Cc1ccccc1)N(Cc1c(Cl)cccc1Cl)C(=O)CN(c1ccccc1OC)S(=O)(=O)c1ccc(C)cc1. The summed E-state index contributed by atoms with van der Waals surface area (Å²) in [5.41, 5.74) is 2.29. The van der Waals surface area contributed by atoms with E-state index in [1.165, 1.54) is 24.1 Å². The van der Waals surface area contributed by atoms with E-state index in [0.717, 1.165) is 15.4 Å².